The molecule has 0 aliphatic carbocycles. The third-order valence-electron chi connectivity index (χ3n) is 3.82. The Kier molecular flexibility index (Phi) is 4.81. The summed E-state index contributed by atoms with van der Waals surface area (Å²) >= 11 is 0. The van der Waals surface area contributed by atoms with E-state index in [4.69, 9.17) is 0 Å². The molecule has 0 aliphatic rings. The Morgan fingerprint density at radius 1 is 1.27 bits per heavy atom. The number of amides is 1. The van der Waals surface area contributed by atoms with E-state index in [-0.39, 0.29) is 17.3 Å². The van der Waals surface area contributed by atoms with Crippen molar-refractivity contribution in [1.82, 2.24) is 25.1 Å². The van der Waals surface area contributed by atoms with Crippen molar-refractivity contribution < 1.29 is 13.2 Å². The summed E-state index contributed by atoms with van der Waals surface area (Å²) in [7, 11) is -3.39. The van der Waals surface area contributed by atoms with Gasteiger partial charge >= 0.3 is 0 Å². The zero-order chi connectivity index (χ0) is 18.7. The number of nitrogens with zero attached hydrogens (tertiary/aromatic N) is 4. The summed E-state index contributed by atoms with van der Waals surface area (Å²) in [5.41, 5.74) is 1.76. The van der Waals surface area contributed by atoms with Gasteiger partial charge in [0.05, 0.1) is 4.90 Å². The van der Waals surface area contributed by atoms with Crippen LogP contribution < -0.4 is 5.32 Å². The fourth-order valence-corrected chi connectivity index (χ4v) is 3.09. The number of hydrogen-bond donors (Lipinski definition) is 1. The van der Waals surface area contributed by atoms with Crippen LogP contribution in [0.25, 0.3) is 5.82 Å². The van der Waals surface area contributed by atoms with Gasteiger partial charge in [-0.2, -0.15) is 5.10 Å². The Balaban J connectivity index is 1.83. The van der Waals surface area contributed by atoms with Gasteiger partial charge in [-0.05, 0) is 30.7 Å². The lowest BCUT2D eigenvalue weighted by Gasteiger charge is -2.11. The van der Waals surface area contributed by atoms with Crippen molar-refractivity contribution in [3.63, 3.8) is 0 Å². The van der Waals surface area contributed by atoms with Crippen LogP contribution in [-0.4, -0.2) is 40.3 Å². The van der Waals surface area contributed by atoms with Gasteiger partial charge in [0.2, 0.25) is 0 Å². The van der Waals surface area contributed by atoms with E-state index in [1.807, 2.05) is 6.07 Å². The van der Waals surface area contributed by atoms with E-state index in [0.717, 1.165) is 11.8 Å². The first kappa shape index (κ1) is 17.7. The molecule has 2 aromatic heterocycles. The third kappa shape index (κ3) is 3.77. The molecule has 9 heteroatoms. The van der Waals surface area contributed by atoms with Crippen molar-refractivity contribution in [2.75, 3.05) is 6.26 Å². The molecular formula is C17H17N5O3S. The zero-order valence-electron chi connectivity index (χ0n) is 14.2. The van der Waals surface area contributed by atoms with Gasteiger partial charge in [0.25, 0.3) is 5.91 Å². The van der Waals surface area contributed by atoms with Gasteiger partial charge in [0, 0.05) is 30.1 Å². The van der Waals surface area contributed by atoms with E-state index < -0.39 is 9.84 Å². The van der Waals surface area contributed by atoms with Crippen molar-refractivity contribution in [3.8, 4) is 5.82 Å². The van der Waals surface area contributed by atoms with E-state index >= 15 is 0 Å². The Hall–Kier alpha value is -3.07. The number of sulfone groups is 1. The lowest BCUT2D eigenvalue weighted by atomic mass is 10.1. The van der Waals surface area contributed by atoms with Gasteiger partial charge in [-0.15, -0.1) is 0 Å². The van der Waals surface area contributed by atoms with Crippen LogP contribution in [-0.2, 0) is 16.4 Å². The molecule has 134 valence electrons. The molecule has 1 amide bonds. The summed E-state index contributed by atoms with van der Waals surface area (Å²) in [6, 6.07) is 8.09. The molecule has 0 radical (unpaired) electrons. The number of nitrogens with one attached hydrogen (secondary N) is 1. The number of carbonyl (C=O) groups is 1. The van der Waals surface area contributed by atoms with Gasteiger partial charge < -0.3 is 5.32 Å². The summed E-state index contributed by atoms with van der Waals surface area (Å²) in [6.07, 6.45) is 5.66. The molecule has 3 aromatic rings. The monoisotopic (exact) mass is 371 g/mol. The minimum absolute atomic E-state index is 0.109. The van der Waals surface area contributed by atoms with Crippen LogP contribution in [0.4, 0.5) is 0 Å². The lowest BCUT2D eigenvalue weighted by molar-refractivity contribution is 0.0950. The summed E-state index contributed by atoms with van der Waals surface area (Å²) in [5, 5.41) is 6.85. The van der Waals surface area contributed by atoms with Crippen LogP contribution in [0.15, 0.2) is 54.1 Å². The highest BCUT2D eigenvalue weighted by Gasteiger charge is 2.15. The average Bonchev–Trinajstić information content (AvgIpc) is 3.13. The van der Waals surface area contributed by atoms with Gasteiger partial charge in [-0.3, -0.25) is 4.79 Å². The lowest BCUT2D eigenvalue weighted by Crippen LogP contribution is -2.25. The number of hydrogen-bond acceptors (Lipinski definition) is 6. The molecule has 0 saturated carbocycles. The molecule has 26 heavy (non-hydrogen) atoms. The molecule has 8 nitrogen and oxygen atoms in total. The van der Waals surface area contributed by atoms with Gasteiger partial charge in [0.1, 0.15) is 12.7 Å². The second kappa shape index (κ2) is 7.04. The Labute approximate surface area is 150 Å². The smallest absolute Gasteiger partial charge is 0.251 e. The predicted octanol–water partition coefficient (Wildman–Crippen LogP) is 1.30. The quantitative estimate of drug-likeness (QED) is 0.724. The van der Waals surface area contributed by atoms with E-state index in [1.165, 1.54) is 29.5 Å². The highest BCUT2D eigenvalue weighted by molar-refractivity contribution is 7.90. The summed E-state index contributed by atoms with van der Waals surface area (Å²) in [6.45, 7) is 1.97. The van der Waals surface area contributed by atoms with Crippen molar-refractivity contribution in [2.45, 2.75) is 18.4 Å². The minimum Gasteiger partial charge on any atom is -0.348 e. The summed E-state index contributed by atoms with van der Waals surface area (Å²) in [5.74, 6) is 0.202. The first-order valence-electron chi connectivity index (χ1n) is 7.74. The molecular weight excluding hydrogens is 354 g/mol. The number of carbonyl (C=O) groups excluding carboxylic acids is 1. The van der Waals surface area contributed by atoms with Gasteiger partial charge in [-0.1, -0.05) is 12.1 Å². The Morgan fingerprint density at radius 3 is 2.77 bits per heavy atom. The molecule has 0 spiro atoms. The van der Waals surface area contributed by atoms with E-state index in [1.54, 1.807) is 25.3 Å². The standard InChI is InChI=1S/C17H17N5O3S/c1-12-5-6-14(26(2,24)25)8-15(12)17(23)20-9-13-4-3-7-19-16(13)22-11-18-10-21-22/h3-8,10-11H,9H2,1-2H3,(H,20,23). The van der Waals surface area contributed by atoms with Crippen LogP contribution in [0.5, 0.6) is 0 Å². The van der Waals surface area contributed by atoms with Crippen LogP contribution in [0.1, 0.15) is 21.5 Å². The van der Waals surface area contributed by atoms with Crippen molar-refractivity contribution in [3.05, 3.63) is 65.9 Å². The largest absolute Gasteiger partial charge is 0.348 e. The number of rotatable bonds is 5. The first-order valence-corrected chi connectivity index (χ1v) is 9.63. The zero-order valence-corrected chi connectivity index (χ0v) is 15.1. The molecule has 1 aromatic carbocycles. The number of aryl methyl sites for hydroxylation is 1. The molecule has 2 heterocycles. The van der Waals surface area contributed by atoms with Crippen LogP contribution in [0, 0.1) is 6.92 Å². The molecule has 0 bridgehead atoms. The van der Waals surface area contributed by atoms with Crippen molar-refractivity contribution in [1.29, 1.82) is 0 Å². The third-order valence-corrected chi connectivity index (χ3v) is 4.93. The first-order chi connectivity index (χ1) is 12.4. The molecule has 0 atom stereocenters. The predicted molar refractivity (Wildman–Crippen MR) is 94.6 cm³/mol. The topological polar surface area (TPSA) is 107 Å². The van der Waals surface area contributed by atoms with Crippen LogP contribution >= 0.6 is 0 Å². The number of aromatic nitrogens is 4. The van der Waals surface area contributed by atoms with Crippen molar-refractivity contribution >= 4 is 15.7 Å². The van der Waals surface area contributed by atoms with Crippen LogP contribution in [0.2, 0.25) is 0 Å². The maximum Gasteiger partial charge on any atom is 0.251 e. The Morgan fingerprint density at radius 2 is 2.08 bits per heavy atom. The molecule has 0 aliphatic heterocycles. The minimum atomic E-state index is -3.39. The maximum absolute atomic E-state index is 12.6. The maximum atomic E-state index is 12.6. The van der Waals surface area contributed by atoms with E-state index in [2.05, 4.69) is 20.4 Å². The molecule has 3 rings (SSSR count). The van der Waals surface area contributed by atoms with Gasteiger partial charge in [0.15, 0.2) is 15.7 Å². The van der Waals surface area contributed by atoms with Crippen molar-refractivity contribution in [2.24, 2.45) is 0 Å². The van der Waals surface area contributed by atoms with Gasteiger partial charge in [-0.25, -0.2) is 23.1 Å². The number of benzene rings is 1. The molecule has 0 unspecified atom stereocenters. The fraction of sp³-hybridized carbons (Fsp3) is 0.176. The summed E-state index contributed by atoms with van der Waals surface area (Å²) < 4.78 is 24.9. The summed E-state index contributed by atoms with van der Waals surface area (Å²) in [4.78, 5) is 20.8. The Bertz CT molecular complexity index is 1050. The highest BCUT2D eigenvalue weighted by Crippen LogP contribution is 2.16. The molecule has 1 N–H and O–H groups in total. The SMILES string of the molecule is Cc1ccc(S(C)(=O)=O)cc1C(=O)NCc1cccnc1-n1cncn1. The fourth-order valence-electron chi connectivity index (χ4n) is 2.44. The number of pyridine rings is 1. The highest BCUT2D eigenvalue weighted by atomic mass is 32.2. The van der Waals surface area contributed by atoms with Crippen LogP contribution in [0.3, 0.4) is 0 Å². The second-order valence-electron chi connectivity index (χ2n) is 5.76. The van der Waals surface area contributed by atoms with E-state index in [0.29, 0.717) is 16.9 Å². The second-order valence-corrected chi connectivity index (χ2v) is 7.77. The van der Waals surface area contributed by atoms with E-state index in [9.17, 15) is 13.2 Å². The average molecular weight is 371 g/mol. The normalized spacial score (nSPS) is 11.3. The molecule has 0 fully saturated rings. The molecule has 0 saturated heterocycles.